The molecular weight excluding hydrogens is 320 g/mol. The molecule has 0 aliphatic carbocycles. The lowest BCUT2D eigenvalue weighted by molar-refractivity contribution is 0.0124. The van der Waals surface area contributed by atoms with E-state index in [1.165, 1.54) is 6.33 Å². The van der Waals surface area contributed by atoms with E-state index in [4.69, 9.17) is 4.74 Å². The molecule has 0 spiro atoms. The topological polar surface area (TPSA) is 88.2 Å². The van der Waals surface area contributed by atoms with E-state index in [-0.39, 0.29) is 23.7 Å². The molecular formula is C18H24N4O3. The Labute approximate surface area is 146 Å². The third kappa shape index (κ3) is 3.65. The summed E-state index contributed by atoms with van der Waals surface area (Å²) in [5.41, 5.74) is 0.504. The van der Waals surface area contributed by atoms with Crippen molar-refractivity contribution in [2.24, 2.45) is 11.8 Å². The van der Waals surface area contributed by atoms with Crippen LogP contribution in [0.5, 0.6) is 0 Å². The van der Waals surface area contributed by atoms with Crippen molar-refractivity contribution in [3.05, 3.63) is 24.3 Å². The maximum atomic E-state index is 13.1. The number of nitrogens with zero attached hydrogens (tertiary/aromatic N) is 3. The molecule has 2 aromatic rings. The second kappa shape index (κ2) is 6.46. The van der Waals surface area contributed by atoms with E-state index in [1.54, 1.807) is 11.1 Å². The quantitative estimate of drug-likeness (QED) is 0.846. The van der Waals surface area contributed by atoms with E-state index >= 15 is 0 Å². The molecule has 0 bridgehead atoms. The zero-order chi connectivity index (χ0) is 18.2. The van der Waals surface area contributed by atoms with Gasteiger partial charge in [0.2, 0.25) is 0 Å². The number of hydrogen-bond donors (Lipinski definition) is 1. The molecule has 7 heteroatoms. The van der Waals surface area contributed by atoms with Gasteiger partial charge in [-0.05, 0) is 39.2 Å². The van der Waals surface area contributed by atoms with Crippen LogP contribution in [-0.2, 0) is 4.74 Å². The van der Waals surface area contributed by atoms with Gasteiger partial charge in [-0.2, -0.15) is 0 Å². The number of likely N-dealkylation sites (tertiary alicyclic amines) is 1. The first-order valence-corrected chi connectivity index (χ1v) is 8.56. The summed E-state index contributed by atoms with van der Waals surface area (Å²) in [4.78, 5) is 38.4. The number of amides is 1. The van der Waals surface area contributed by atoms with Crippen LogP contribution < -0.4 is 0 Å². The van der Waals surface area contributed by atoms with Crippen molar-refractivity contribution in [1.82, 2.24) is 19.9 Å². The number of rotatable bonds is 2. The predicted molar refractivity (Wildman–Crippen MR) is 93.3 cm³/mol. The van der Waals surface area contributed by atoms with Gasteiger partial charge in [0, 0.05) is 30.6 Å². The number of piperidine rings is 1. The van der Waals surface area contributed by atoms with Gasteiger partial charge < -0.3 is 14.6 Å². The Bertz CT molecular complexity index is 793. The van der Waals surface area contributed by atoms with Crippen molar-refractivity contribution in [3.63, 3.8) is 0 Å². The van der Waals surface area contributed by atoms with Gasteiger partial charge in [-0.1, -0.05) is 6.92 Å². The van der Waals surface area contributed by atoms with E-state index < -0.39 is 5.60 Å². The predicted octanol–water partition coefficient (Wildman–Crippen LogP) is 3.03. The Kier molecular flexibility index (Phi) is 4.49. The molecule has 2 aromatic heterocycles. The van der Waals surface area contributed by atoms with Crippen LogP contribution in [0.2, 0.25) is 0 Å². The smallest absolute Gasteiger partial charge is 0.410 e. The first kappa shape index (κ1) is 17.4. The van der Waals surface area contributed by atoms with Gasteiger partial charge in [0.1, 0.15) is 23.3 Å². The minimum atomic E-state index is -0.552. The number of carbonyl (C=O) groups excluding carboxylic acids is 2. The molecule has 2 unspecified atom stereocenters. The molecule has 0 aromatic carbocycles. The number of hydrogen-bond acceptors (Lipinski definition) is 5. The molecule has 3 rings (SSSR count). The Morgan fingerprint density at radius 2 is 2.08 bits per heavy atom. The Hall–Kier alpha value is -2.44. The van der Waals surface area contributed by atoms with E-state index in [0.29, 0.717) is 29.8 Å². The molecule has 2 atom stereocenters. The number of ketones is 1. The highest BCUT2D eigenvalue weighted by Crippen LogP contribution is 2.28. The monoisotopic (exact) mass is 344 g/mol. The van der Waals surface area contributed by atoms with Gasteiger partial charge in [-0.3, -0.25) is 4.79 Å². The molecule has 0 saturated carbocycles. The summed E-state index contributed by atoms with van der Waals surface area (Å²) in [6.45, 7) is 8.51. The Morgan fingerprint density at radius 1 is 1.32 bits per heavy atom. The van der Waals surface area contributed by atoms with Crippen LogP contribution in [0.3, 0.4) is 0 Å². The largest absolute Gasteiger partial charge is 0.444 e. The second-order valence-corrected chi connectivity index (χ2v) is 7.63. The molecule has 0 radical (unpaired) electrons. The summed E-state index contributed by atoms with van der Waals surface area (Å²) in [5.74, 6) is -0.169. The fourth-order valence-electron chi connectivity index (χ4n) is 3.15. The van der Waals surface area contributed by atoms with Gasteiger partial charge in [-0.15, -0.1) is 0 Å². The number of ether oxygens (including phenoxy) is 1. The summed E-state index contributed by atoms with van der Waals surface area (Å²) in [6.07, 6.45) is 3.53. The van der Waals surface area contributed by atoms with E-state index in [2.05, 4.69) is 15.0 Å². The molecule has 1 saturated heterocycles. The number of carbonyl (C=O) groups is 2. The molecule has 134 valence electrons. The second-order valence-electron chi connectivity index (χ2n) is 7.63. The minimum absolute atomic E-state index is 0.0484. The molecule has 1 aliphatic rings. The van der Waals surface area contributed by atoms with Crippen LogP contribution in [0.25, 0.3) is 11.0 Å². The van der Waals surface area contributed by atoms with Gasteiger partial charge in [-0.25, -0.2) is 14.8 Å². The third-order valence-corrected chi connectivity index (χ3v) is 4.53. The fourth-order valence-corrected chi connectivity index (χ4v) is 3.15. The molecule has 7 nitrogen and oxygen atoms in total. The first-order chi connectivity index (χ1) is 11.8. The molecule has 1 amide bonds. The van der Waals surface area contributed by atoms with Crippen molar-refractivity contribution in [3.8, 4) is 0 Å². The Balaban J connectivity index is 1.81. The van der Waals surface area contributed by atoms with E-state index in [9.17, 15) is 9.59 Å². The van der Waals surface area contributed by atoms with Crippen molar-refractivity contribution < 1.29 is 14.3 Å². The number of fused-ring (bicyclic) bond motifs is 1. The number of aromatic nitrogens is 3. The molecule has 1 fully saturated rings. The maximum Gasteiger partial charge on any atom is 0.410 e. The number of Topliss-reactive ketones (excluding diaryl/α,β-unsaturated/α-hetero) is 1. The van der Waals surface area contributed by atoms with E-state index in [0.717, 1.165) is 6.42 Å². The van der Waals surface area contributed by atoms with Crippen LogP contribution in [0.1, 0.15) is 44.6 Å². The lowest BCUT2D eigenvalue weighted by atomic mass is 9.82. The summed E-state index contributed by atoms with van der Waals surface area (Å²) in [6, 6.07) is 1.81. The minimum Gasteiger partial charge on any atom is -0.444 e. The highest BCUT2D eigenvalue weighted by Gasteiger charge is 2.36. The maximum absolute atomic E-state index is 13.1. The van der Waals surface area contributed by atoms with Crippen LogP contribution in [-0.4, -0.2) is 50.4 Å². The number of aromatic amines is 1. The number of nitrogens with one attached hydrogen (secondary N) is 1. The summed E-state index contributed by atoms with van der Waals surface area (Å²) >= 11 is 0. The van der Waals surface area contributed by atoms with Crippen LogP contribution in [0, 0.1) is 11.8 Å². The van der Waals surface area contributed by atoms with Crippen molar-refractivity contribution in [1.29, 1.82) is 0 Å². The van der Waals surface area contributed by atoms with Crippen LogP contribution in [0.15, 0.2) is 18.6 Å². The third-order valence-electron chi connectivity index (χ3n) is 4.53. The fraction of sp³-hybridized carbons (Fsp3) is 0.556. The zero-order valence-corrected chi connectivity index (χ0v) is 15.1. The van der Waals surface area contributed by atoms with E-state index in [1.807, 2.05) is 33.8 Å². The van der Waals surface area contributed by atoms with Crippen molar-refractivity contribution in [2.75, 3.05) is 13.1 Å². The average molecular weight is 344 g/mol. The summed E-state index contributed by atoms with van der Waals surface area (Å²) in [7, 11) is 0. The van der Waals surface area contributed by atoms with Crippen molar-refractivity contribution in [2.45, 2.75) is 39.7 Å². The molecule has 25 heavy (non-hydrogen) atoms. The molecule has 1 aliphatic heterocycles. The van der Waals surface area contributed by atoms with Crippen molar-refractivity contribution >= 4 is 22.9 Å². The summed E-state index contributed by atoms with van der Waals surface area (Å²) in [5, 5.41) is 0.717. The molecule has 3 heterocycles. The van der Waals surface area contributed by atoms with Crippen LogP contribution >= 0.6 is 0 Å². The van der Waals surface area contributed by atoms with Gasteiger partial charge in [0.05, 0.1) is 0 Å². The SMILES string of the molecule is CC1CCN(C(=O)OC(C)(C)C)CC1C(=O)c1ncnc2[nH]ccc12. The number of H-pyrrole nitrogens is 1. The lowest BCUT2D eigenvalue weighted by Gasteiger charge is -2.36. The Morgan fingerprint density at radius 3 is 2.80 bits per heavy atom. The summed E-state index contributed by atoms with van der Waals surface area (Å²) < 4.78 is 5.45. The first-order valence-electron chi connectivity index (χ1n) is 8.56. The molecule has 1 N–H and O–H groups in total. The van der Waals surface area contributed by atoms with Crippen LogP contribution in [0.4, 0.5) is 4.79 Å². The highest BCUT2D eigenvalue weighted by molar-refractivity contribution is 6.06. The highest BCUT2D eigenvalue weighted by atomic mass is 16.6. The van der Waals surface area contributed by atoms with Gasteiger partial charge >= 0.3 is 6.09 Å². The standard InChI is InChI=1S/C18H24N4O3/c1-11-6-8-22(17(24)25-18(2,3)4)9-13(11)15(23)14-12-5-7-19-16(12)21-10-20-14/h5,7,10-11,13H,6,8-9H2,1-4H3,(H,19,20,21). The van der Waals surface area contributed by atoms with Gasteiger partial charge in [0.25, 0.3) is 0 Å². The normalized spacial score (nSPS) is 21.4. The average Bonchev–Trinajstić information content (AvgIpc) is 3.01. The lowest BCUT2D eigenvalue weighted by Crippen LogP contribution is -2.47. The zero-order valence-electron chi connectivity index (χ0n) is 15.1. The van der Waals surface area contributed by atoms with Gasteiger partial charge in [0.15, 0.2) is 5.78 Å².